The van der Waals surface area contributed by atoms with Crippen LogP contribution in [0.3, 0.4) is 0 Å². The first-order valence-electron chi connectivity index (χ1n) is 5.64. The molecule has 0 aliphatic heterocycles. The highest BCUT2D eigenvalue weighted by Crippen LogP contribution is 2.50. The van der Waals surface area contributed by atoms with Gasteiger partial charge in [-0.05, 0) is 19.3 Å². The van der Waals surface area contributed by atoms with E-state index in [4.69, 9.17) is 4.74 Å². The average molecular weight is 256 g/mol. The van der Waals surface area contributed by atoms with Crippen LogP contribution in [0.25, 0.3) is 0 Å². The normalized spacial score (nSPS) is 17.8. The van der Waals surface area contributed by atoms with Crippen LogP contribution in [0.1, 0.15) is 32.0 Å². The van der Waals surface area contributed by atoms with Crippen LogP contribution in [0, 0.1) is 0 Å². The molecule has 1 saturated carbocycles. The Morgan fingerprint density at radius 2 is 1.94 bits per heavy atom. The van der Waals surface area contributed by atoms with Gasteiger partial charge in [0.15, 0.2) is 15.6 Å². The molecular formula is C11H16N2O3S. The lowest BCUT2D eigenvalue weighted by Gasteiger charge is -2.11. The molecule has 0 saturated heterocycles. The van der Waals surface area contributed by atoms with Crippen LogP contribution in [0.2, 0.25) is 0 Å². The van der Waals surface area contributed by atoms with Crippen LogP contribution in [0.4, 0.5) is 0 Å². The number of ether oxygens (including phenoxy) is 1. The molecule has 0 radical (unpaired) electrons. The minimum absolute atomic E-state index is 0.392. The van der Waals surface area contributed by atoms with Crippen LogP contribution in [-0.2, 0) is 14.6 Å². The number of hydrogen-bond acceptors (Lipinski definition) is 5. The molecule has 94 valence electrons. The monoisotopic (exact) mass is 256 g/mol. The number of nitrogens with zero attached hydrogens (tertiary/aromatic N) is 2. The van der Waals surface area contributed by atoms with Crippen LogP contribution in [0.5, 0.6) is 5.75 Å². The average Bonchev–Trinajstić information content (AvgIpc) is 3.07. The minimum Gasteiger partial charge on any atom is -0.490 e. The standard InChI is InChI=1S/C11H16N2O3S/c1-3-6-16-9-7-12-10(13-8-9)11(4-5-11)17(2,14)15/h7-8H,3-6H2,1-2H3. The third-order valence-corrected chi connectivity index (χ3v) is 4.93. The van der Waals surface area contributed by atoms with Gasteiger partial charge in [0.1, 0.15) is 10.6 Å². The highest BCUT2D eigenvalue weighted by atomic mass is 32.2. The lowest BCUT2D eigenvalue weighted by Crippen LogP contribution is -2.22. The molecule has 17 heavy (non-hydrogen) atoms. The maximum atomic E-state index is 11.7. The Balaban J connectivity index is 2.19. The Kier molecular flexibility index (Phi) is 3.07. The van der Waals surface area contributed by atoms with E-state index >= 15 is 0 Å². The van der Waals surface area contributed by atoms with E-state index < -0.39 is 14.6 Å². The minimum atomic E-state index is -3.14. The summed E-state index contributed by atoms with van der Waals surface area (Å²) in [5.41, 5.74) is 0. The predicted octanol–water partition coefficient (Wildman–Crippen LogP) is 1.30. The van der Waals surface area contributed by atoms with Crippen LogP contribution in [0.15, 0.2) is 12.4 Å². The second kappa shape index (κ2) is 4.25. The molecule has 1 heterocycles. The fourth-order valence-electron chi connectivity index (χ4n) is 1.72. The molecule has 1 aliphatic carbocycles. The Hall–Kier alpha value is -1.17. The summed E-state index contributed by atoms with van der Waals surface area (Å²) in [6.07, 6.45) is 6.47. The fraction of sp³-hybridized carbons (Fsp3) is 0.636. The molecule has 0 N–H and O–H groups in total. The summed E-state index contributed by atoms with van der Waals surface area (Å²) in [5.74, 6) is 0.976. The molecule has 1 aromatic heterocycles. The summed E-state index contributed by atoms with van der Waals surface area (Å²) in [6, 6.07) is 0. The summed E-state index contributed by atoms with van der Waals surface area (Å²) in [7, 11) is -3.14. The van der Waals surface area contributed by atoms with Gasteiger partial charge in [-0.25, -0.2) is 18.4 Å². The summed E-state index contributed by atoms with van der Waals surface area (Å²) >= 11 is 0. The maximum absolute atomic E-state index is 11.7. The zero-order valence-electron chi connectivity index (χ0n) is 10.0. The van der Waals surface area contributed by atoms with Gasteiger partial charge in [0.25, 0.3) is 0 Å². The SMILES string of the molecule is CCCOc1cnc(C2(S(C)(=O)=O)CC2)nc1. The van der Waals surface area contributed by atoms with E-state index in [1.165, 1.54) is 6.26 Å². The van der Waals surface area contributed by atoms with Gasteiger partial charge in [0.2, 0.25) is 0 Å². The molecule has 0 spiro atoms. The second-order valence-corrected chi connectivity index (χ2v) is 6.68. The Bertz CT molecular complexity index is 492. The Morgan fingerprint density at radius 3 is 2.35 bits per heavy atom. The zero-order valence-corrected chi connectivity index (χ0v) is 10.8. The third kappa shape index (κ3) is 2.26. The first-order chi connectivity index (χ1) is 7.99. The molecule has 0 unspecified atom stereocenters. The van der Waals surface area contributed by atoms with Crippen molar-refractivity contribution in [1.29, 1.82) is 0 Å². The lowest BCUT2D eigenvalue weighted by molar-refractivity contribution is 0.314. The number of sulfone groups is 1. The van der Waals surface area contributed by atoms with Crippen LogP contribution < -0.4 is 4.74 Å². The van der Waals surface area contributed by atoms with Gasteiger partial charge in [-0.15, -0.1) is 0 Å². The van der Waals surface area contributed by atoms with E-state index in [1.807, 2.05) is 6.92 Å². The van der Waals surface area contributed by atoms with E-state index in [-0.39, 0.29) is 0 Å². The zero-order chi connectivity index (χ0) is 12.5. The highest BCUT2D eigenvalue weighted by Gasteiger charge is 2.56. The van der Waals surface area contributed by atoms with Crippen molar-refractivity contribution in [3.63, 3.8) is 0 Å². The molecular weight excluding hydrogens is 240 g/mol. The van der Waals surface area contributed by atoms with Crippen molar-refractivity contribution in [1.82, 2.24) is 9.97 Å². The molecule has 5 nitrogen and oxygen atoms in total. The van der Waals surface area contributed by atoms with Crippen LogP contribution in [-0.4, -0.2) is 31.2 Å². The van der Waals surface area contributed by atoms with E-state index in [0.717, 1.165) is 6.42 Å². The van der Waals surface area contributed by atoms with Crippen molar-refractivity contribution < 1.29 is 13.2 Å². The highest BCUT2D eigenvalue weighted by molar-refractivity contribution is 7.91. The first kappa shape index (κ1) is 12.3. The summed E-state index contributed by atoms with van der Waals surface area (Å²) in [4.78, 5) is 8.23. The smallest absolute Gasteiger partial charge is 0.160 e. The third-order valence-electron chi connectivity index (χ3n) is 2.92. The van der Waals surface area contributed by atoms with Crippen molar-refractivity contribution >= 4 is 9.84 Å². The molecule has 0 atom stereocenters. The van der Waals surface area contributed by atoms with Gasteiger partial charge in [-0.3, -0.25) is 0 Å². The predicted molar refractivity (Wildman–Crippen MR) is 63.6 cm³/mol. The number of aromatic nitrogens is 2. The quantitative estimate of drug-likeness (QED) is 0.794. The van der Waals surface area contributed by atoms with E-state index in [2.05, 4.69) is 9.97 Å². The topological polar surface area (TPSA) is 69.2 Å². The lowest BCUT2D eigenvalue weighted by atomic mass is 10.4. The molecule has 1 aliphatic rings. The molecule has 0 amide bonds. The summed E-state index contributed by atoms with van der Waals surface area (Å²) in [6.45, 7) is 2.62. The van der Waals surface area contributed by atoms with Gasteiger partial charge in [0, 0.05) is 6.26 Å². The van der Waals surface area contributed by atoms with Gasteiger partial charge >= 0.3 is 0 Å². The van der Waals surface area contributed by atoms with Gasteiger partial charge in [0.05, 0.1) is 19.0 Å². The van der Waals surface area contributed by atoms with E-state index in [1.54, 1.807) is 12.4 Å². The van der Waals surface area contributed by atoms with E-state index in [0.29, 0.717) is 31.0 Å². The molecule has 1 fully saturated rings. The second-order valence-electron chi connectivity index (χ2n) is 4.36. The molecule has 6 heteroatoms. The Labute approximate surface area is 101 Å². The molecule has 0 aromatic carbocycles. The molecule has 1 aromatic rings. The van der Waals surface area contributed by atoms with Crippen LogP contribution >= 0.6 is 0 Å². The largest absolute Gasteiger partial charge is 0.490 e. The Morgan fingerprint density at radius 1 is 1.35 bits per heavy atom. The van der Waals surface area contributed by atoms with Gasteiger partial charge in [-0.1, -0.05) is 6.92 Å². The number of rotatable bonds is 5. The molecule has 2 rings (SSSR count). The summed E-state index contributed by atoms with van der Waals surface area (Å²) < 4.78 is 27.8. The first-order valence-corrected chi connectivity index (χ1v) is 7.54. The van der Waals surface area contributed by atoms with Gasteiger partial charge < -0.3 is 4.74 Å². The summed E-state index contributed by atoms with van der Waals surface area (Å²) in [5, 5.41) is 0. The fourth-order valence-corrected chi connectivity index (χ4v) is 3.00. The van der Waals surface area contributed by atoms with Crippen molar-refractivity contribution in [3.05, 3.63) is 18.2 Å². The van der Waals surface area contributed by atoms with Gasteiger partial charge in [-0.2, -0.15) is 0 Å². The van der Waals surface area contributed by atoms with Crippen molar-refractivity contribution in [2.24, 2.45) is 0 Å². The van der Waals surface area contributed by atoms with Crippen molar-refractivity contribution in [2.45, 2.75) is 30.9 Å². The number of hydrogen-bond donors (Lipinski definition) is 0. The van der Waals surface area contributed by atoms with Crippen molar-refractivity contribution in [3.8, 4) is 5.75 Å². The van der Waals surface area contributed by atoms with Crippen molar-refractivity contribution in [2.75, 3.05) is 12.9 Å². The maximum Gasteiger partial charge on any atom is 0.160 e. The van der Waals surface area contributed by atoms with E-state index in [9.17, 15) is 8.42 Å². The molecule has 0 bridgehead atoms.